The standard InChI is InChI=1S/C10H14N2.ClH/c1-8(2)7-10(11)9-3-5-12-6-4-9;/h3-6,10H,1,7,11H2,2H3;1H/t10-;/m0./s1. The van der Waals surface area contributed by atoms with Crippen LogP contribution in [-0.4, -0.2) is 4.98 Å². The number of halogens is 1. The summed E-state index contributed by atoms with van der Waals surface area (Å²) in [5.74, 6) is 0. The lowest BCUT2D eigenvalue weighted by Crippen LogP contribution is -2.10. The van der Waals surface area contributed by atoms with Gasteiger partial charge in [0.25, 0.3) is 0 Å². The van der Waals surface area contributed by atoms with Crippen molar-refractivity contribution in [1.29, 1.82) is 0 Å². The van der Waals surface area contributed by atoms with Gasteiger partial charge in [0, 0.05) is 18.4 Å². The van der Waals surface area contributed by atoms with Crippen LogP contribution in [0.4, 0.5) is 0 Å². The van der Waals surface area contributed by atoms with Crippen LogP contribution in [0.1, 0.15) is 24.9 Å². The van der Waals surface area contributed by atoms with Gasteiger partial charge in [0.1, 0.15) is 0 Å². The summed E-state index contributed by atoms with van der Waals surface area (Å²) in [7, 11) is 0. The van der Waals surface area contributed by atoms with Crippen molar-refractivity contribution in [3.8, 4) is 0 Å². The second-order valence-electron chi connectivity index (χ2n) is 3.05. The summed E-state index contributed by atoms with van der Waals surface area (Å²) in [4.78, 5) is 3.93. The van der Waals surface area contributed by atoms with Gasteiger partial charge in [-0.25, -0.2) is 0 Å². The maximum Gasteiger partial charge on any atom is 0.0333 e. The van der Waals surface area contributed by atoms with Gasteiger partial charge in [-0.1, -0.05) is 5.57 Å². The van der Waals surface area contributed by atoms with Gasteiger partial charge in [0.2, 0.25) is 0 Å². The minimum atomic E-state index is 0. The van der Waals surface area contributed by atoms with Crippen molar-refractivity contribution in [3.05, 3.63) is 42.2 Å². The van der Waals surface area contributed by atoms with E-state index in [2.05, 4.69) is 11.6 Å². The molecule has 0 radical (unpaired) electrons. The van der Waals surface area contributed by atoms with Crippen LogP contribution in [0.5, 0.6) is 0 Å². The van der Waals surface area contributed by atoms with Crippen molar-refractivity contribution in [1.82, 2.24) is 4.98 Å². The second kappa shape index (κ2) is 5.73. The van der Waals surface area contributed by atoms with E-state index in [0.717, 1.165) is 17.6 Å². The van der Waals surface area contributed by atoms with Crippen LogP contribution in [0.3, 0.4) is 0 Å². The number of aromatic nitrogens is 1. The number of nitrogens with two attached hydrogens (primary N) is 1. The van der Waals surface area contributed by atoms with Gasteiger partial charge < -0.3 is 5.73 Å². The highest BCUT2D eigenvalue weighted by molar-refractivity contribution is 5.85. The Labute approximate surface area is 85.3 Å². The molecule has 0 aliphatic heterocycles. The van der Waals surface area contributed by atoms with Crippen LogP contribution in [0.15, 0.2) is 36.7 Å². The highest BCUT2D eigenvalue weighted by Gasteiger charge is 2.04. The number of rotatable bonds is 3. The summed E-state index contributed by atoms with van der Waals surface area (Å²) in [6, 6.07) is 3.94. The van der Waals surface area contributed by atoms with Crippen LogP contribution in [0, 0.1) is 0 Å². The molecule has 0 amide bonds. The van der Waals surface area contributed by atoms with Crippen molar-refractivity contribution in [2.75, 3.05) is 0 Å². The minimum Gasteiger partial charge on any atom is -0.324 e. The molecule has 3 heteroatoms. The quantitative estimate of drug-likeness (QED) is 0.758. The number of hydrogen-bond donors (Lipinski definition) is 1. The third kappa shape index (κ3) is 4.06. The van der Waals surface area contributed by atoms with Crippen LogP contribution in [-0.2, 0) is 0 Å². The van der Waals surface area contributed by atoms with Gasteiger partial charge >= 0.3 is 0 Å². The average Bonchev–Trinajstić information content (AvgIpc) is 2.05. The Balaban J connectivity index is 0.00000144. The van der Waals surface area contributed by atoms with E-state index in [4.69, 9.17) is 5.73 Å². The summed E-state index contributed by atoms with van der Waals surface area (Å²) in [6.45, 7) is 5.81. The van der Waals surface area contributed by atoms with Crippen LogP contribution in [0.25, 0.3) is 0 Å². The summed E-state index contributed by atoms with van der Waals surface area (Å²) >= 11 is 0. The molecule has 2 N–H and O–H groups in total. The van der Waals surface area contributed by atoms with E-state index >= 15 is 0 Å². The largest absolute Gasteiger partial charge is 0.324 e. The summed E-state index contributed by atoms with van der Waals surface area (Å²) in [6.07, 6.45) is 4.35. The molecule has 2 nitrogen and oxygen atoms in total. The highest BCUT2D eigenvalue weighted by Crippen LogP contribution is 2.15. The van der Waals surface area contributed by atoms with Crippen molar-refractivity contribution >= 4 is 12.4 Å². The highest BCUT2D eigenvalue weighted by atomic mass is 35.5. The fourth-order valence-electron chi connectivity index (χ4n) is 1.10. The molecule has 0 spiro atoms. The summed E-state index contributed by atoms with van der Waals surface area (Å²) in [5.41, 5.74) is 8.14. The van der Waals surface area contributed by atoms with Crippen LogP contribution in [0.2, 0.25) is 0 Å². The minimum absolute atomic E-state index is 0. The monoisotopic (exact) mass is 198 g/mol. The smallest absolute Gasteiger partial charge is 0.0333 e. The summed E-state index contributed by atoms with van der Waals surface area (Å²) < 4.78 is 0. The molecule has 0 aliphatic rings. The first-order valence-corrected chi connectivity index (χ1v) is 4.00. The molecule has 72 valence electrons. The SMILES string of the molecule is C=C(C)C[C@H](N)c1ccncc1.Cl. The molecular weight excluding hydrogens is 184 g/mol. The second-order valence-corrected chi connectivity index (χ2v) is 3.05. The van der Waals surface area contributed by atoms with E-state index in [-0.39, 0.29) is 18.4 Å². The van der Waals surface area contributed by atoms with E-state index in [9.17, 15) is 0 Å². The number of hydrogen-bond acceptors (Lipinski definition) is 2. The predicted octanol–water partition coefficient (Wildman–Crippen LogP) is 2.47. The Hall–Kier alpha value is -0.860. The first-order chi connectivity index (χ1) is 5.70. The van der Waals surface area contributed by atoms with E-state index in [1.165, 1.54) is 0 Å². The number of pyridine rings is 1. The Morgan fingerprint density at radius 2 is 2.08 bits per heavy atom. The molecular formula is C10H15ClN2. The molecule has 1 heterocycles. The molecule has 1 aromatic heterocycles. The Bertz CT molecular complexity index is 259. The molecule has 0 aliphatic carbocycles. The lowest BCUT2D eigenvalue weighted by atomic mass is 10.0. The van der Waals surface area contributed by atoms with Gasteiger partial charge in [-0.2, -0.15) is 0 Å². The maximum atomic E-state index is 5.91. The Morgan fingerprint density at radius 3 is 2.54 bits per heavy atom. The summed E-state index contributed by atoms with van der Waals surface area (Å²) in [5, 5.41) is 0. The zero-order valence-corrected chi connectivity index (χ0v) is 8.55. The van der Waals surface area contributed by atoms with Crippen molar-refractivity contribution in [2.24, 2.45) is 5.73 Å². The van der Waals surface area contributed by atoms with Gasteiger partial charge in [-0.3, -0.25) is 4.98 Å². The predicted molar refractivity (Wildman–Crippen MR) is 57.8 cm³/mol. The van der Waals surface area contributed by atoms with E-state index in [0.29, 0.717) is 0 Å². The Kier molecular flexibility index (Phi) is 5.35. The van der Waals surface area contributed by atoms with Crippen molar-refractivity contribution in [3.63, 3.8) is 0 Å². The molecule has 0 fully saturated rings. The molecule has 13 heavy (non-hydrogen) atoms. The van der Waals surface area contributed by atoms with Gasteiger partial charge in [0.05, 0.1) is 0 Å². The van der Waals surface area contributed by atoms with Gasteiger partial charge in [-0.05, 0) is 31.0 Å². The lowest BCUT2D eigenvalue weighted by molar-refractivity contribution is 0.716. The van der Waals surface area contributed by atoms with E-state index in [1.807, 2.05) is 19.1 Å². The molecule has 0 saturated heterocycles. The van der Waals surface area contributed by atoms with E-state index < -0.39 is 0 Å². The molecule has 1 atom stereocenters. The lowest BCUT2D eigenvalue weighted by Gasteiger charge is -2.10. The molecule has 0 bridgehead atoms. The Morgan fingerprint density at radius 1 is 1.54 bits per heavy atom. The zero-order valence-electron chi connectivity index (χ0n) is 7.73. The van der Waals surface area contributed by atoms with Crippen LogP contribution < -0.4 is 5.73 Å². The fraction of sp³-hybridized carbons (Fsp3) is 0.300. The molecule has 1 rings (SSSR count). The van der Waals surface area contributed by atoms with E-state index in [1.54, 1.807) is 12.4 Å². The zero-order chi connectivity index (χ0) is 8.97. The molecule has 0 unspecified atom stereocenters. The molecule has 0 aromatic carbocycles. The average molecular weight is 199 g/mol. The fourth-order valence-corrected chi connectivity index (χ4v) is 1.10. The normalized spacial score (nSPS) is 11.5. The topological polar surface area (TPSA) is 38.9 Å². The maximum absolute atomic E-state index is 5.91. The third-order valence-electron chi connectivity index (χ3n) is 1.70. The van der Waals surface area contributed by atoms with Crippen LogP contribution >= 0.6 is 12.4 Å². The first-order valence-electron chi connectivity index (χ1n) is 4.00. The molecule has 0 saturated carbocycles. The van der Waals surface area contributed by atoms with Gasteiger partial charge in [0.15, 0.2) is 0 Å². The van der Waals surface area contributed by atoms with Crippen molar-refractivity contribution in [2.45, 2.75) is 19.4 Å². The third-order valence-corrected chi connectivity index (χ3v) is 1.70. The first kappa shape index (κ1) is 12.1. The number of nitrogens with zero attached hydrogens (tertiary/aromatic N) is 1. The van der Waals surface area contributed by atoms with Crippen molar-refractivity contribution < 1.29 is 0 Å². The molecule has 1 aromatic rings. The van der Waals surface area contributed by atoms with Gasteiger partial charge in [-0.15, -0.1) is 19.0 Å².